The van der Waals surface area contributed by atoms with Gasteiger partial charge >= 0.3 is 13.2 Å². The molecule has 3 aliphatic rings. The quantitative estimate of drug-likeness (QED) is 0.569. The number of hydrogen-bond donors (Lipinski definition) is 1. The van der Waals surface area contributed by atoms with Crippen LogP contribution >= 0.6 is 15.9 Å². The fourth-order valence-electron chi connectivity index (χ4n) is 3.67. The van der Waals surface area contributed by atoms with Crippen LogP contribution in [0.25, 0.3) is 0 Å². The maximum atomic E-state index is 14.0. The first-order valence-electron chi connectivity index (χ1n) is 8.21. The number of nitrogens with zero attached hydrogens (tertiary/aromatic N) is 1. The zero-order valence-electron chi connectivity index (χ0n) is 13.9. The molecule has 3 atom stereocenters. The van der Waals surface area contributed by atoms with Gasteiger partial charge in [0.25, 0.3) is 0 Å². The Kier molecular flexibility index (Phi) is 4.83. The Morgan fingerprint density at radius 1 is 1.46 bits per heavy atom. The summed E-state index contributed by atoms with van der Waals surface area (Å²) < 4.78 is 25.0. The highest BCUT2D eigenvalue weighted by atomic mass is 79.9. The molecule has 0 radical (unpaired) electrons. The van der Waals surface area contributed by atoms with E-state index in [2.05, 4.69) is 29.8 Å². The number of rotatable bonds is 2. The summed E-state index contributed by atoms with van der Waals surface area (Å²) in [5.41, 5.74) is -0.0741. The summed E-state index contributed by atoms with van der Waals surface area (Å²) in [6.45, 7) is 5.65. The van der Waals surface area contributed by atoms with Gasteiger partial charge in [0.2, 0.25) is 0 Å². The molecule has 5 nitrogen and oxygen atoms in total. The SMILES string of the molecule is CC1(C)COB(C2(Br)C=CC(F)=CC2C2CCCN2C(=O)O)OC1. The first kappa shape index (κ1) is 18.0. The van der Waals surface area contributed by atoms with Gasteiger partial charge in [-0.05, 0) is 25.0 Å². The summed E-state index contributed by atoms with van der Waals surface area (Å²) in [5, 5.41) is 9.45. The van der Waals surface area contributed by atoms with E-state index in [0.29, 0.717) is 26.2 Å². The van der Waals surface area contributed by atoms with Crippen LogP contribution in [-0.4, -0.2) is 53.2 Å². The molecule has 0 aromatic rings. The minimum Gasteiger partial charge on any atom is -0.465 e. The lowest BCUT2D eigenvalue weighted by Gasteiger charge is -2.44. The summed E-state index contributed by atoms with van der Waals surface area (Å²) in [5.74, 6) is -0.754. The molecule has 3 rings (SSSR count). The molecular formula is C16H22BBrFNO4. The third kappa shape index (κ3) is 3.28. The van der Waals surface area contributed by atoms with Crippen LogP contribution in [0, 0.1) is 11.3 Å². The van der Waals surface area contributed by atoms with Crippen LogP contribution in [0.3, 0.4) is 0 Å². The summed E-state index contributed by atoms with van der Waals surface area (Å²) in [6.07, 6.45) is 5.08. The smallest absolute Gasteiger partial charge is 0.465 e. The van der Waals surface area contributed by atoms with E-state index in [1.54, 1.807) is 6.08 Å². The van der Waals surface area contributed by atoms with Crippen molar-refractivity contribution in [3.8, 4) is 0 Å². The second-order valence-electron chi connectivity index (χ2n) is 7.54. The molecule has 0 spiro atoms. The fraction of sp³-hybridized carbons (Fsp3) is 0.688. The van der Waals surface area contributed by atoms with Gasteiger partial charge in [0.05, 0.1) is 4.22 Å². The van der Waals surface area contributed by atoms with E-state index in [9.17, 15) is 14.3 Å². The van der Waals surface area contributed by atoms with Crippen LogP contribution < -0.4 is 0 Å². The molecule has 2 aliphatic heterocycles. The normalized spacial score (nSPS) is 35.9. The molecule has 132 valence electrons. The molecule has 3 unspecified atom stereocenters. The van der Waals surface area contributed by atoms with Crippen LogP contribution in [0.5, 0.6) is 0 Å². The largest absolute Gasteiger partial charge is 0.479 e. The molecule has 0 aromatic heterocycles. The van der Waals surface area contributed by atoms with Crippen molar-refractivity contribution in [2.45, 2.75) is 37.0 Å². The zero-order valence-corrected chi connectivity index (χ0v) is 15.5. The lowest BCUT2D eigenvalue weighted by molar-refractivity contribution is 0.0212. The number of hydrogen-bond acceptors (Lipinski definition) is 3. The monoisotopic (exact) mass is 401 g/mol. The van der Waals surface area contributed by atoms with Crippen LogP contribution in [-0.2, 0) is 9.31 Å². The van der Waals surface area contributed by atoms with Gasteiger partial charge in [-0.25, -0.2) is 9.18 Å². The topological polar surface area (TPSA) is 59.0 Å². The first-order chi connectivity index (χ1) is 11.2. The average molecular weight is 402 g/mol. The second kappa shape index (κ2) is 6.46. The van der Waals surface area contributed by atoms with Crippen molar-refractivity contribution in [1.82, 2.24) is 4.90 Å². The van der Waals surface area contributed by atoms with Crippen LogP contribution in [0.15, 0.2) is 24.1 Å². The van der Waals surface area contributed by atoms with Gasteiger partial charge in [-0.3, -0.25) is 0 Å². The Morgan fingerprint density at radius 2 is 2.12 bits per heavy atom. The summed E-state index contributed by atoms with van der Waals surface area (Å²) >= 11 is 3.71. The predicted molar refractivity (Wildman–Crippen MR) is 92.7 cm³/mol. The highest BCUT2D eigenvalue weighted by Gasteiger charge is 2.55. The van der Waals surface area contributed by atoms with E-state index in [-0.39, 0.29) is 17.3 Å². The van der Waals surface area contributed by atoms with Crippen molar-refractivity contribution >= 4 is 29.1 Å². The van der Waals surface area contributed by atoms with Gasteiger partial charge in [0, 0.05) is 37.1 Å². The third-order valence-electron chi connectivity index (χ3n) is 4.92. The van der Waals surface area contributed by atoms with Crippen molar-refractivity contribution in [2.75, 3.05) is 19.8 Å². The van der Waals surface area contributed by atoms with Crippen LogP contribution in [0.4, 0.5) is 9.18 Å². The number of carbonyl (C=O) groups is 1. The van der Waals surface area contributed by atoms with Crippen LogP contribution in [0.2, 0.25) is 0 Å². The summed E-state index contributed by atoms with van der Waals surface area (Å²) in [4.78, 5) is 12.9. The van der Waals surface area contributed by atoms with E-state index in [1.807, 2.05) is 0 Å². The van der Waals surface area contributed by atoms with Gasteiger partial charge in [-0.2, -0.15) is 0 Å². The fourth-order valence-corrected chi connectivity index (χ4v) is 4.50. The maximum absolute atomic E-state index is 14.0. The van der Waals surface area contributed by atoms with E-state index in [0.717, 1.165) is 6.42 Å². The molecule has 0 saturated carbocycles. The van der Waals surface area contributed by atoms with Gasteiger partial charge < -0.3 is 19.3 Å². The molecule has 8 heteroatoms. The number of alkyl halides is 1. The maximum Gasteiger partial charge on any atom is 0.479 e. The van der Waals surface area contributed by atoms with Crippen molar-refractivity contribution < 1.29 is 23.6 Å². The van der Waals surface area contributed by atoms with Crippen molar-refractivity contribution in [3.05, 3.63) is 24.1 Å². The number of amides is 1. The number of allylic oxidation sites excluding steroid dienone is 3. The predicted octanol–water partition coefficient (Wildman–Crippen LogP) is 3.40. The van der Waals surface area contributed by atoms with E-state index in [1.165, 1.54) is 17.1 Å². The molecule has 1 amide bonds. The molecule has 1 N–H and O–H groups in total. The lowest BCUT2D eigenvalue weighted by atomic mass is 9.59. The highest BCUT2D eigenvalue weighted by Crippen LogP contribution is 2.45. The summed E-state index contributed by atoms with van der Waals surface area (Å²) in [6, 6.07) is -0.306. The minimum absolute atomic E-state index is 0.0741. The molecule has 2 heterocycles. The highest BCUT2D eigenvalue weighted by molar-refractivity contribution is 9.10. The number of halogens is 2. The van der Waals surface area contributed by atoms with Gasteiger partial charge in [-0.1, -0.05) is 35.9 Å². The second-order valence-corrected chi connectivity index (χ2v) is 8.92. The van der Waals surface area contributed by atoms with Crippen LogP contribution in [0.1, 0.15) is 26.7 Å². The van der Waals surface area contributed by atoms with E-state index < -0.39 is 23.4 Å². The molecule has 24 heavy (non-hydrogen) atoms. The van der Waals surface area contributed by atoms with Crippen molar-refractivity contribution in [2.24, 2.45) is 11.3 Å². The summed E-state index contributed by atoms with van der Waals surface area (Å²) in [7, 11) is -0.590. The Hall–Kier alpha value is -0.855. The van der Waals surface area contributed by atoms with Gasteiger partial charge in [-0.15, -0.1) is 0 Å². The number of likely N-dealkylation sites (tertiary alicyclic amines) is 1. The van der Waals surface area contributed by atoms with E-state index >= 15 is 0 Å². The van der Waals surface area contributed by atoms with Gasteiger partial charge in [0.15, 0.2) is 0 Å². The lowest BCUT2D eigenvalue weighted by Crippen LogP contribution is -2.58. The molecule has 0 aromatic carbocycles. The Balaban J connectivity index is 1.87. The van der Waals surface area contributed by atoms with Gasteiger partial charge in [0.1, 0.15) is 5.83 Å². The third-order valence-corrected chi connectivity index (χ3v) is 6.09. The van der Waals surface area contributed by atoms with Crippen molar-refractivity contribution in [1.29, 1.82) is 0 Å². The average Bonchev–Trinajstić information content (AvgIpc) is 2.99. The van der Waals surface area contributed by atoms with Crippen molar-refractivity contribution in [3.63, 3.8) is 0 Å². The Bertz CT molecular complexity index is 574. The molecule has 2 fully saturated rings. The standard InChI is InChI=1S/C16H22BBrFNO4/c1-15(2)9-23-17(24-10-15)16(18)6-5-11(19)8-12(16)13-4-3-7-20(13)14(21)22/h5-6,8,12-13H,3-4,7,9-10H2,1-2H3,(H,21,22). The molecule has 1 aliphatic carbocycles. The molecular weight excluding hydrogens is 380 g/mol. The molecule has 0 bridgehead atoms. The Morgan fingerprint density at radius 3 is 2.75 bits per heavy atom. The minimum atomic E-state index is -0.970. The zero-order chi connectivity index (χ0) is 17.5. The molecule has 2 saturated heterocycles. The number of carboxylic acid groups (broad SMARTS) is 1. The van der Waals surface area contributed by atoms with E-state index in [4.69, 9.17) is 9.31 Å². The Labute approximate surface area is 150 Å². The first-order valence-corrected chi connectivity index (χ1v) is 9.00.